The van der Waals surface area contributed by atoms with Crippen LogP contribution in [0.2, 0.25) is 0 Å². The summed E-state index contributed by atoms with van der Waals surface area (Å²) in [6.45, 7) is 5.32. The van der Waals surface area contributed by atoms with Crippen LogP contribution < -0.4 is 5.32 Å². The molecule has 120 valence electrons. The van der Waals surface area contributed by atoms with E-state index >= 15 is 0 Å². The maximum Gasteiger partial charge on any atom is 0.248 e. The first-order valence-electron chi connectivity index (χ1n) is 7.51. The van der Waals surface area contributed by atoms with Crippen LogP contribution in [0, 0.1) is 5.92 Å². The van der Waals surface area contributed by atoms with Crippen molar-refractivity contribution < 1.29 is 18.0 Å². The van der Waals surface area contributed by atoms with E-state index in [-0.39, 0.29) is 29.2 Å². The molecule has 21 heavy (non-hydrogen) atoms. The smallest absolute Gasteiger partial charge is 0.248 e. The van der Waals surface area contributed by atoms with Gasteiger partial charge in [0.2, 0.25) is 11.8 Å². The van der Waals surface area contributed by atoms with Crippen LogP contribution in [-0.4, -0.2) is 54.8 Å². The van der Waals surface area contributed by atoms with E-state index in [0.29, 0.717) is 13.0 Å². The minimum absolute atomic E-state index is 0.0622. The molecule has 1 saturated heterocycles. The van der Waals surface area contributed by atoms with Gasteiger partial charge in [0.15, 0.2) is 0 Å². The number of nitrogens with one attached hydrogen (secondary N) is 1. The van der Waals surface area contributed by atoms with E-state index in [2.05, 4.69) is 5.32 Å². The molecule has 2 aliphatic rings. The largest absolute Gasteiger partial charge is 0.340 e. The lowest BCUT2D eigenvalue weighted by molar-refractivity contribution is -0.154. The summed E-state index contributed by atoms with van der Waals surface area (Å²) in [7, 11) is -3.04. The van der Waals surface area contributed by atoms with E-state index in [4.69, 9.17) is 0 Å². The molecule has 1 heterocycles. The van der Waals surface area contributed by atoms with Crippen molar-refractivity contribution in [3.05, 3.63) is 0 Å². The summed E-state index contributed by atoms with van der Waals surface area (Å²) in [5, 5.41) is 2.78. The number of piperazine rings is 1. The first-order valence-corrected chi connectivity index (χ1v) is 9.33. The van der Waals surface area contributed by atoms with Crippen molar-refractivity contribution in [2.45, 2.75) is 51.6 Å². The number of carbonyl (C=O) groups excluding carboxylic acids is 2. The molecule has 2 fully saturated rings. The second kappa shape index (κ2) is 5.59. The van der Waals surface area contributed by atoms with Gasteiger partial charge in [-0.15, -0.1) is 0 Å². The number of sulfone groups is 1. The summed E-state index contributed by atoms with van der Waals surface area (Å²) < 4.78 is 23.1. The molecule has 6 nitrogen and oxygen atoms in total. The quantitative estimate of drug-likeness (QED) is 0.765. The van der Waals surface area contributed by atoms with Crippen LogP contribution in [0.4, 0.5) is 0 Å². The normalized spacial score (nSPS) is 25.9. The van der Waals surface area contributed by atoms with Crippen molar-refractivity contribution in [2.75, 3.05) is 18.1 Å². The Balaban J connectivity index is 2.08. The predicted molar refractivity (Wildman–Crippen MR) is 79.4 cm³/mol. The molecular formula is C14H24N2O4S. The van der Waals surface area contributed by atoms with E-state index in [1.807, 2.05) is 0 Å². The highest BCUT2D eigenvalue weighted by Crippen LogP contribution is 2.38. The van der Waals surface area contributed by atoms with Gasteiger partial charge in [0, 0.05) is 12.3 Å². The monoisotopic (exact) mass is 316 g/mol. The van der Waals surface area contributed by atoms with Crippen LogP contribution in [-0.2, 0) is 19.4 Å². The molecule has 1 aliphatic heterocycles. The number of hydrogen-bond donors (Lipinski definition) is 1. The third-order valence-electron chi connectivity index (χ3n) is 4.20. The second-order valence-electron chi connectivity index (χ2n) is 6.48. The van der Waals surface area contributed by atoms with Crippen molar-refractivity contribution in [3.63, 3.8) is 0 Å². The Kier molecular flexibility index (Phi) is 4.33. The average Bonchev–Trinajstić information content (AvgIpc) is 3.19. The second-order valence-corrected chi connectivity index (χ2v) is 8.96. The molecule has 0 aromatic rings. The maximum atomic E-state index is 12.5. The highest BCUT2D eigenvalue weighted by atomic mass is 32.2. The lowest BCUT2D eigenvalue weighted by Gasteiger charge is -2.43. The zero-order valence-electron chi connectivity index (χ0n) is 12.9. The van der Waals surface area contributed by atoms with E-state index in [9.17, 15) is 18.0 Å². The SMILES string of the molecule is CCS(=O)(=O)CCCN1C(=O)C(C)(C)NC(=O)C1C1CC1. The van der Waals surface area contributed by atoms with Gasteiger partial charge < -0.3 is 10.2 Å². The summed E-state index contributed by atoms with van der Waals surface area (Å²) in [6.07, 6.45) is 2.29. The summed E-state index contributed by atoms with van der Waals surface area (Å²) in [5.74, 6) is 0.173. The fourth-order valence-corrected chi connectivity index (χ4v) is 3.64. The number of rotatable bonds is 6. The number of carbonyl (C=O) groups is 2. The zero-order chi connectivity index (χ0) is 15.8. The molecule has 0 bridgehead atoms. The minimum atomic E-state index is -3.04. The van der Waals surface area contributed by atoms with Crippen molar-refractivity contribution in [1.29, 1.82) is 0 Å². The zero-order valence-corrected chi connectivity index (χ0v) is 13.7. The van der Waals surface area contributed by atoms with Crippen LogP contribution >= 0.6 is 0 Å². The minimum Gasteiger partial charge on any atom is -0.340 e. The Hall–Kier alpha value is -1.11. The molecule has 0 aromatic carbocycles. The van der Waals surface area contributed by atoms with Crippen LogP contribution in [0.5, 0.6) is 0 Å². The Labute approximate surface area is 126 Å². The molecule has 0 aromatic heterocycles. The number of amides is 2. The van der Waals surface area contributed by atoms with E-state index in [1.165, 1.54) is 0 Å². The first kappa shape index (κ1) is 16.3. The van der Waals surface area contributed by atoms with Gasteiger partial charge in [-0.3, -0.25) is 9.59 Å². The van der Waals surface area contributed by atoms with Crippen molar-refractivity contribution in [1.82, 2.24) is 10.2 Å². The van der Waals surface area contributed by atoms with Gasteiger partial charge in [0.25, 0.3) is 0 Å². The third-order valence-corrected chi connectivity index (χ3v) is 5.99. The molecule has 1 N–H and O–H groups in total. The Morgan fingerprint density at radius 3 is 2.43 bits per heavy atom. The van der Waals surface area contributed by atoms with Gasteiger partial charge in [-0.1, -0.05) is 6.92 Å². The summed E-state index contributed by atoms with van der Waals surface area (Å²) >= 11 is 0. The molecule has 1 aliphatic carbocycles. The first-order chi connectivity index (χ1) is 9.68. The molecule has 0 spiro atoms. The Morgan fingerprint density at radius 1 is 1.29 bits per heavy atom. The predicted octanol–water partition coefficient (Wildman–Crippen LogP) is 0.327. The molecular weight excluding hydrogens is 292 g/mol. The van der Waals surface area contributed by atoms with Gasteiger partial charge in [-0.2, -0.15) is 0 Å². The third kappa shape index (κ3) is 3.56. The topological polar surface area (TPSA) is 83.6 Å². The van der Waals surface area contributed by atoms with Crippen molar-refractivity contribution >= 4 is 21.7 Å². The van der Waals surface area contributed by atoms with Gasteiger partial charge in [0.05, 0.1) is 5.75 Å². The Morgan fingerprint density at radius 2 is 1.90 bits per heavy atom. The highest BCUT2D eigenvalue weighted by Gasteiger charge is 2.50. The number of nitrogens with zero attached hydrogens (tertiary/aromatic N) is 1. The molecule has 2 rings (SSSR count). The molecule has 1 unspecified atom stereocenters. The average molecular weight is 316 g/mol. The fraction of sp³-hybridized carbons (Fsp3) is 0.857. The van der Waals surface area contributed by atoms with Gasteiger partial charge in [0.1, 0.15) is 21.4 Å². The van der Waals surface area contributed by atoms with Crippen LogP contribution in [0.25, 0.3) is 0 Å². The lowest BCUT2D eigenvalue weighted by atomic mass is 9.94. The van der Waals surface area contributed by atoms with E-state index in [1.54, 1.807) is 25.7 Å². The maximum absolute atomic E-state index is 12.5. The lowest BCUT2D eigenvalue weighted by Crippen LogP contribution is -2.68. The molecule has 0 radical (unpaired) electrons. The van der Waals surface area contributed by atoms with E-state index in [0.717, 1.165) is 12.8 Å². The fourth-order valence-electron chi connectivity index (χ4n) is 2.78. The van der Waals surface area contributed by atoms with Crippen molar-refractivity contribution in [2.24, 2.45) is 5.92 Å². The Bertz CT molecular complexity index is 537. The molecule has 7 heteroatoms. The summed E-state index contributed by atoms with van der Waals surface area (Å²) in [6, 6.07) is -0.421. The van der Waals surface area contributed by atoms with Gasteiger partial charge >= 0.3 is 0 Å². The van der Waals surface area contributed by atoms with Crippen LogP contribution in [0.15, 0.2) is 0 Å². The summed E-state index contributed by atoms with van der Waals surface area (Å²) in [5.41, 5.74) is -0.911. The number of hydrogen-bond acceptors (Lipinski definition) is 4. The molecule has 1 saturated carbocycles. The standard InChI is InChI=1S/C14H24N2O4S/c1-4-21(19,20)9-5-8-16-11(10-6-7-10)12(17)15-14(2,3)13(16)18/h10-11H,4-9H2,1-3H3,(H,15,17). The van der Waals surface area contributed by atoms with E-state index < -0.39 is 21.4 Å². The molecule has 1 atom stereocenters. The van der Waals surface area contributed by atoms with Crippen LogP contribution in [0.1, 0.15) is 40.0 Å². The molecule has 2 amide bonds. The van der Waals surface area contributed by atoms with Crippen LogP contribution in [0.3, 0.4) is 0 Å². The van der Waals surface area contributed by atoms with Crippen molar-refractivity contribution in [3.8, 4) is 0 Å². The van der Waals surface area contributed by atoms with Gasteiger partial charge in [-0.05, 0) is 39.0 Å². The summed E-state index contributed by atoms with van der Waals surface area (Å²) in [4.78, 5) is 26.4. The van der Waals surface area contributed by atoms with Gasteiger partial charge in [-0.25, -0.2) is 8.42 Å². The highest BCUT2D eigenvalue weighted by molar-refractivity contribution is 7.91.